The van der Waals surface area contributed by atoms with Gasteiger partial charge in [0.05, 0.1) is 12.7 Å². The number of furan rings is 1. The predicted molar refractivity (Wildman–Crippen MR) is 102 cm³/mol. The number of ether oxygens (including phenoxy) is 1. The standard InChI is InChI=1S/C22H27FO5/c1-13(2)21(24)15-5-3-14(4-6-15)20-16(7-9-18(20)23)11-27-12-17-8-10-19(28-17)22(25)26/h3-6,8,10,13,16,18,20-21,24H,7,9,11-12H2,1-2H3,(H,25,26). The third kappa shape index (κ3) is 4.62. The molecule has 4 unspecified atom stereocenters. The Morgan fingerprint density at radius 2 is 1.93 bits per heavy atom. The van der Waals surface area contributed by atoms with Crippen molar-refractivity contribution >= 4 is 5.97 Å². The van der Waals surface area contributed by atoms with Crippen LogP contribution in [-0.4, -0.2) is 29.0 Å². The van der Waals surface area contributed by atoms with Gasteiger partial charge in [0.1, 0.15) is 18.5 Å². The van der Waals surface area contributed by atoms with Crippen molar-refractivity contribution in [3.63, 3.8) is 0 Å². The van der Waals surface area contributed by atoms with Crippen molar-refractivity contribution in [3.05, 3.63) is 59.0 Å². The Hall–Kier alpha value is -2.18. The molecule has 2 N–H and O–H groups in total. The minimum Gasteiger partial charge on any atom is -0.475 e. The van der Waals surface area contributed by atoms with E-state index in [1.807, 2.05) is 38.1 Å². The number of benzene rings is 1. The number of aromatic carboxylic acids is 1. The first-order chi connectivity index (χ1) is 13.4. The van der Waals surface area contributed by atoms with Crippen LogP contribution in [0.1, 0.15) is 66.2 Å². The SMILES string of the molecule is CC(C)C(O)c1ccc(C2C(F)CCC2COCc2ccc(C(=O)O)o2)cc1. The van der Waals surface area contributed by atoms with Gasteiger partial charge in [-0.2, -0.15) is 0 Å². The van der Waals surface area contributed by atoms with Gasteiger partial charge in [0, 0.05) is 5.92 Å². The van der Waals surface area contributed by atoms with Gasteiger partial charge in [-0.15, -0.1) is 0 Å². The number of hydrogen-bond acceptors (Lipinski definition) is 4. The fraction of sp³-hybridized carbons (Fsp3) is 0.500. The second kappa shape index (κ2) is 8.88. The highest BCUT2D eigenvalue weighted by Crippen LogP contribution is 2.42. The number of hydrogen-bond donors (Lipinski definition) is 2. The smallest absolute Gasteiger partial charge is 0.371 e. The number of rotatable bonds is 8. The molecule has 1 heterocycles. The van der Waals surface area contributed by atoms with Crippen molar-refractivity contribution in [1.82, 2.24) is 0 Å². The van der Waals surface area contributed by atoms with Gasteiger partial charge in [-0.1, -0.05) is 38.1 Å². The fourth-order valence-electron chi connectivity index (χ4n) is 3.88. The molecule has 28 heavy (non-hydrogen) atoms. The number of carboxylic acid groups (broad SMARTS) is 1. The van der Waals surface area contributed by atoms with Crippen LogP contribution < -0.4 is 0 Å². The monoisotopic (exact) mass is 390 g/mol. The van der Waals surface area contributed by atoms with E-state index in [9.17, 15) is 14.3 Å². The summed E-state index contributed by atoms with van der Waals surface area (Å²) in [5, 5.41) is 19.1. The molecule has 0 radical (unpaired) electrons. The summed E-state index contributed by atoms with van der Waals surface area (Å²) in [6.07, 6.45) is -0.210. The van der Waals surface area contributed by atoms with Crippen LogP contribution >= 0.6 is 0 Å². The van der Waals surface area contributed by atoms with Gasteiger partial charge in [0.15, 0.2) is 0 Å². The first-order valence-electron chi connectivity index (χ1n) is 9.68. The second-order valence-electron chi connectivity index (χ2n) is 7.82. The minimum absolute atomic E-state index is 0.0461. The molecular formula is C22H27FO5. The third-order valence-electron chi connectivity index (χ3n) is 5.45. The average Bonchev–Trinajstić information content (AvgIpc) is 3.28. The number of carboxylic acids is 1. The lowest BCUT2D eigenvalue weighted by Gasteiger charge is -2.22. The zero-order valence-corrected chi connectivity index (χ0v) is 16.2. The maximum absolute atomic E-state index is 14.6. The van der Waals surface area contributed by atoms with E-state index in [2.05, 4.69) is 0 Å². The Balaban J connectivity index is 1.61. The molecule has 0 saturated heterocycles. The van der Waals surface area contributed by atoms with Gasteiger partial charge < -0.3 is 19.4 Å². The van der Waals surface area contributed by atoms with Crippen molar-refractivity contribution in [2.24, 2.45) is 11.8 Å². The molecule has 1 aromatic carbocycles. The summed E-state index contributed by atoms with van der Waals surface area (Å²) in [7, 11) is 0. The van der Waals surface area contributed by atoms with Crippen molar-refractivity contribution in [3.8, 4) is 0 Å². The quantitative estimate of drug-likeness (QED) is 0.682. The van der Waals surface area contributed by atoms with E-state index in [4.69, 9.17) is 14.3 Å². The van der Waals surface area contributed by atoms with Crippen LogP contribution in [0.2, 0.25) is 0 Å². The minimum atomic E-state index is -1.12. The van der Waals surface area contributed by atoms with Gasteiger partial charge in [-0.3, -0.25) is 0 Å². The first kappa shape index (κ1) is 20.6. The highest BCUT2D eigenvalue weighted by atomic mass is 19.1. The van der Waals surface area contributed by atoms with Crippen molar-refractivity contribution in [2.45, 2.75) is 51.5 Å². The summed E-state index contributed by atoms with van der Waals surface area (Å²) in [6, 6.07) is 10.5. The molecule has 0 bridgehead atoms. The normalized spacial score (nSPS) is 23.2. The molecule has 0 amide bonds. The van der Waals surface area contributed by atoms with Crippen LogP contribution in [0.15, 0.2) is 40.8 Å². The molecule has 152 valence electrons. The van der Waals surface area contributed by atoms with Crippen LogP contribution in [0.25, 0.3) is 0 Å². The molecular weight excluding hydrogens is 363 g/mol. The number of aliphatic hydroxyl groups is 1. The van der Waals surface area contributed by atoms with E-state index >= 15 is 0 Å². The second-order valence-corrected chi connectivity index (χ2v) is 7.82. The summed E-state index contributed by atoms with van der Waals surface area (Å²) in [5.41, 5.74) is 1.76. The lowest BCUT2D eigenvalue weighted by molar-refractivity contribution is 0.0603. The number of aliphatic hydroxyl groups excluding tert-OH is 1. The van der Waals surface area contributed by atoms with E-state index < -0.39 is 18.2 Å². The Kier molecular flexibility index (Phi) is 6.52. The Morgan fingerprint density at radius 1 is 1.21 bits per heavy atom. The number of halogens is 1. The van der Waals surface area contributed by atoms with Crippen LogP contribution in [0, 0.1) is 11.8 Å². The number of alkyl halides is 1. The molecule has 5 nitrogen and oxygen atoms in total. The molecule has 1 aliphatic carbocycles. The molecule has 1 aromatic heterocycles. The fourth-order valence-corrected chi connectivity index (χ4v) is 3.88. The summed E-state index contributed by atoms with van der Waals surface area (Å²) in [5.74, 6) is -0.870. The highest BCUT2D eigenvalue weighted by Gasteiger charge is 2.37. The van der Waals surface area contributed by atoms with Gasteiger partial charge >= 0.3 is 5.97 Å². The molecule has 3 rings (SSSR count). The number of carbonyl (C=O) groups is 1. The van der Waals surface area contributed by atoms with Gasteiger partial charge in [-0.25, -0.2) is 9.18 Å². The average molecular weight is 390 g/mol. The molecule has 6 heteroatoms. The summed E-state index contributed by atoms with van der Waals surface area (Å²) in [4.78, 5) is 10.8. The molecule has 1 fully saturated rings. The van der Waals surface area contributed by atoms with Gasteiger partial charge in [0.25, 0.3) is 0 Å². The zero-order valence-electron chi connectivity index (χ0n) is 16.2. The summed E-state index contributed by atoms with van der Waals surface area (Å²) < 4.78 is 25.4. The van der Waals surface area contributed by atoms with E-state index in [1.54, 1.807) is 6.07 Å². The topological polar surface area (TPSA) is 79.9 Å². The van der Waals surface area contributed by atoms with Crippen molar-refractivity contribution in [2.75, 3.05) is 6.61 Å². The Morgan fingerprint density at radius 3 is 2.54 bits per heavy atom. The van der Waals surface area contributed by atoms with E-state index in [0.717, 1.165) is 17.5 Å². The van der Waals surface area contributed by atoms with Crippen molar-refractivity contribution < 1.29 is 28.6 Å². The molecule has 1 saturated carbocycles. The Bertz CT molecular complexity index is 782. The van der Waals surface area contributed by atoms with E-state index in [-0.39, 0.29) is 30.1 Å². The molecule has 0 aliphatic heterocycles. The molecule has 0 spiro atoms. The van der Waals surface area contributed by atoms with Crippen LogP contribution in [-0.2, 0) is 11.3 Å². The lowest BCUT2D eigenvalue weighted by atomic mass is 9.87. The maximum atomic E-state index is 14.6. The van der Waals surface area contributed by atoms with Gasteiger partial charge in [0.2, 0.25) is 5.76 Å². The van der Waals surface area contributed by atoms with Gasteiger partial charge in [-0.05, 0) is 47.9 Å². The predicted octanol–water partition coefficient (Wildman–Crippen LogP) is 4.72. The summed E-state index contributed by atoms with van der Waals surface area (Å²) >= 11 is 0. The lowest BCUT2D eigenvalue weighted by Crippen LogP contribution is -2.18. The maximum Gasteiger partial charge on any atom is 0.371 e. The molecule has 4 atom stereocenters. The van der Waals surface area contributed by atoms with Crippen LogP contribution in [0.4, 0.5) is 4.39 Å². The third-order valence-corrected chi connectivity index (χ3v) is 5.45. The molecule has 2 aromatic rings. The van der Waals surface area contributed by atoms with E-state index in [1.165, 1.54) is 6.07 Å². The first-order valence-corrected chi connectivity index (χ1v) is 9.68. The highest BCUT2D eigenvalue weighted by molar-refractivity contribution is 5.84. The Labute approximate surface area is 164 Å². The largest absolute Gasteiger partial charge is 0.475 e. The van der Waals surface area contributed by atoms with Crippen LogP contribution in [0.3, 0.4) is 0 Å². The van der Waals surface area contributed by atoms with Crippen LogP contribution in [0.5, 0.6) is 0 Å². The zero-order chi connectivity index (χ0) is 20.3. The van der Waals surface area contributed by atoms with E-state index in [0.29, 0.717) is 18.8 Å². The molecule has 1 aliphatic rings. The summed E-state index contributed by atoms with van der Waals surface area (Å²) in [6.45, 7) is 4.45. The van der Waals surface area contributed by atoms with Crippen molar-refractivity contribution in [1.29, 1.82) is 0 Å².